The van der Waals surface area contributed by atoms with Crippen LogP contribution in [0.1, 0.15) is 78.4 Å². The molecule has 0 bridgehead atoms. The highest BCUT2D eigenvalue weighted by Crippen LogP contribution is 2.35. The van der Waals surface area contributed by atoms with Crippen molar-refractivity contribution in [1.29, 1.82) is 0 Å². The second-order valence-corrected chi connectivity index (χ2v) is 9.35. The molecule has 0 aliphatic carbocycles. The van der Waals surface area contributed by atoms with Crippen molar-refractivity contribution >= 4 is 36.3 Å². The van der Waals surface area contributed by atoms with E-state index in [1.165, 1.54) is 4.57 Å². The summed E-state index contributed by atoms with van der Waals surface area (Å²) in [6.45, 7) is 13.4. The second kappa shape index (κ2) is 11.7. The average molecular weight is 441 g/mol. The zero-order valence-corrected chi connectivity index (χ0v) is 20.3. The molecule has 0 aliphatic heterocycles. The van der Waals surface area contributed by atoms with Crippen LogP contribution in [0, 0.1) is 26.7 Å². The van der Waals surface area contributed by atoms with Crippen molar-refractivity contribution < 1.29 is 14.3 Å². The van der Waals surface area contributed by atoms with E-state index < -0.39 is 5.41 Å². The smallest absolute Gasteiger partial charge is 0.312 e. The van der Waals surface area contributed by atoms with Crippen molar-refractivity contribution in [3.63, 3.8) is 0 Å². The van der Waals surface area contributed by atoms with Crippen molar-refractivity contribution in [2.45, 2.75) is 80.2 Å². The summed E-state index contributed by atoms with van der Waals surface area (Å²) in [5.74, 6) is 0.465. The van der Waals surface area contributed by atoms with Crippen molar-refractivity contribution in [3.8, 4) is 0 Å². The van der Waals surface area contributed by atoms with Gasteiger partial charge >= 0.3 is 5.97 Å². The Morgan fingerprint density at radius 1 is 1.14 bits per heavy atom. The van der Waals surface area contributed by atoms with Gasteiger partial charge in [0.25, 0.3) is 0 Å². The summed E-state index contributed by atoms with van der Waals surface area (Å²) < 4.78 is 9.71. The van der Waals surface area contributed by atoms with E-state index in [1.54, 1.807) is 6.07 Å². The van der Waals surface area contributed by atoms with Crippen LogP contribution >= 0.6 is 24.4 Å². The Kier molecular flexibility index (Phi) is 10.4. The minimum Gasteiger partial charge on any atom is -0.465 e. The maximum atomic E-state index is 12.6. The first-order valence-electron chi connectivity index (χ1n) is 10.6. The lowest BCUT2D eigenvalue weighted by atomic mass is 9.73. The summed E-state index contributed by atoms with van der Waals surface area (Å²) in [5.41, 5.74) is -0.456. The van der Waals surface area contributed by atoms with Crippen molar-refractivity contribution in [2.75, 3.05) is 6.61 Å². The van der Waals surface area contributed by atoms with E-state index >= 15 is 0 Å². The van der Waals surface area contributed by atoms with Gasteiger partial charge in [0.2, 0.25) is 5.91 Å². The molecule has 0 aromatic carbocycles. The van der Waals surface area contributed by atoms with Gasteiger partial charge in [-0.25, -0.2) is 4.57 Å². The molecule has 5 nitrogen and oxygen atoms in total. The molecule has 1 aromatic rings. The van der Waals surface area contributed by atoms with E-state index in [0.717, 1.165) is 19.3 Å². The summed E-state index contributed by atoms with van der Waals surface area (Å²) in [6.07, 6.45) is 5.26. The van der Waals surface area contributed by atoms with Crippen LogP contribution in [0.15, 0.2) is 12.3 Å². The summed E-state index contributed by atoms with van der Waals surface area (Å²) in [6, 6.07) is 1.73. The molecule has 0 N–H and O–H groups in total. The highest BCUT2D eigenvalue weighted by atomic mass is 32.1. The Morgan fingerprint density at radius 3 is 2.34 bits per heavy atom. The second-order valence-electron chi connectivity index (χ2n) is 8.57. The summed E-state index contributed by atoms with van der Waals surface area (Å²) in [4.78, 5) is 25.1. The molecule has 0 radical (unpaired) electrons. The molecular formula is C22H36N2O3S2. The standard InChI is InChI=1S/C22H36N2O3S2/c1-7-23-13-12-19(28)24(21(23)29)18(25)11-9-8-10-14-27-20(26)22(6,17(4)5)15-16(2)3/h12-13,16-17H,7-11,14-15H2,1-6H3. The monoisotopic (exact) mass is 440 g/mol. The third-order valence-electron chi connectivity index (χ3n) is 5.49. The van der Waals surface area contributed by atoms with Crippen LogP contribution in [0.2, 0.25) is 0 Å². The average Bonchev–Trinajstić information content (AvgIpc) is 2.63. The summed E-state index contributed by atoms with van der Waals surface area (Å²) in [5, 5.41) is 0. The molecule has 164 valence electrons. The van der Waals surface area contributed by atoms with Crippen LogP contribution in [0.4, 0.5) is 0 Å². The Hall–Kier alpha value is -1.34. The Bertz CT molecular complexity index is 811. The highest BCUT2D eigenvalue weighted by Gasteiger charge is 2.38. The quantitative estimate of drug-likeness (QED) is 0.232. The van der Waals surface area contributed by atoms with Crippen LogP contribution in [-0.4, -0.2) is 27.6 Å². The number of hydrogen-bond acceptors (Lipinski definition) is 5. The number of ether oxygens (including phenoxy) is 1. The molecule has 0 saturated heterocycles. The number of hydrogen-bond donors (Lipinski definition) is 0. The molecule has 7 heteroatoms. The number of unbranched alkanes of at least 4 members (excludes halogenated alkanes) is 2. The SMILES string of the molecule is CCn1ccc(=S)n(C(=O)CCCCCOC(=O)C(C)(CC(C)C)C(C)C)c1=S. The number of carbonyl (C=O) groups excluding carboxylic acids is 2. The van der Waals surface area contributed by atoms with Crippen molar-refractivity contribution in [1.82, 2.24) is 9.13 Å². The molecule has 1 aromatic heterocycles. The molecule has 0 aliphatic rings. The first-order chi connectivity index (χ1) is 13.5. The van der Waals surface area contributed by atoms with Crippen LogP contribution in [0.3, 0.4) is 0 Å². The van der Waals surface area contributed by atoms with Crippen LogP contribution in [0.25, 0.3) is 0 Å². The largest absolute Gasteiger partial charge is 0.465 e. The third kappa shape index (κ3) is 7.14. The van der Waals surface area contributed by atoms with E-state index in [-0.39, 0.29) is 17.8 Å². The summed E-state index contributed by atoms with van der Waals surface area (Å²) in [7, 11) is 0. The minimum absolute atomic E-state index is 0.0795. The molecule has 1 atom stereocenters. The Labute approximate surface area is 185 Å². The predicted octanol–water partition coefficient (Wildman–Crippen LogP) is 6.22. The number of esters is 1. The molecule has 0 saturated carbocycles. The zero-order chi connectivity index (χ0) is 22.2. The van der Waals surface area contributed by atoms with E-state index in [9.17, 15) is 9.59 Å². The maximum absolute atomic E-state index is 12.6. The normalized spacial score (nSPS) is 13.5. The van der Waals surface area contributed by atoms with Gasteiger partial charge in [-0.05, 0) is 69.7 Å². The van der Waals surface area contributed by atoms with E-state index in [2.05, 4.69) is 27.7 Å². The maximum Gasteiger partial charge on any atom is 0.312 e. The van der Waals surface area contributed by atoms with E-state index in [4.69, 9.17) is 29.2 Å². The number of rotatable bonds is 11. The third-order valence-corrected chi connectivity index (χ3v) is 6.22. The van der Waals surface area contributed by atoms with E-state index in [0.29, 0.717) is 41.3 Å². The van der Waals surface area contributed by atoms with Gasteiger partial charge in [0.15, 0.2) is 4.77 Å². The van der Waals surface area contributed by atoms with Gasteiger partial charge in [0.05, 0.1) is 12.0 Å². The lowest BCUT2D eigenvalue weighted by Crippen LogP contribution is -2.36. The summed E-state index contributed by atoms with van der Waals surface area (Å²) >= 11 is 10.6. The van der Waals surface area contributed by atoms with Crippen LogP contribution in [-0.2, 0) is 16.1 Å². The van der Waals surface area contributed by atoms with Crippen molar-refractivity contribution in [2.24, 2.45) is 17.3 Å². The van der Waals surface area contributed by atoms with Gasteiger partial charge in [0, 0.05) is 19.2 Å². The Balaban J connectivity index is 2.49. The first-order valence-corrected chi connectivity index (χ1v) is 11.4. The molecule has 0 spiro atoms. The Morgan fingerprint density at radius 2 is 1.79 bits per heavy atom. The topological polar surface area (TPSA) is 53.2 Å². The molecule has 0 amide bonds. The van der Waals surface area contributed by atoms with Crippen molar-refractivity contribution in [3.05, 3.63) is 21.7 Å². The first kappa shape index (κ1) is 25.7. The number of aryl methyl sites for hydroxylation is 1. The molecule has 1 unspecified atom stereocenters. The fourth-order valence-electron chi connectivity index (χ4n) is 3.38. The molecule has 1 heterocycles. The highest BCUT2D eigenvalue weighted by molar-refractivity contribution is 7.72. The number of aromatic nitrogens is 2. The number of carbonyl (C=O) groups is 2. The fraction of sp³-hybridized carbons (Fsp3) is 0.727. The zero-order valence-electron chi connectivity index (χ0n) is 18.7. The lowest BCUT2D eigenvalue weighted by Gasteiger charge is -2.32. The van der Waals surface area contributed by atoms with Gasteiger partial charge in [-0.15, -0.1) is 0 Å². The van der Waals surface area contributed by atoms with Gasteiger partial charge in [-0.2, -0.15) is 0 Å². The number of nitrogens with zero attached hydrogens (tertiary/aromatic N) is 2. The predicted molar refractivity (Wildman–Crippen MR) is 122 cm³/mol. The van der Waals surface area contributed by atoms with Gasteiger partial charge < -0.3 is 9.30 Å². The van der Waals surface area contributed by atoms with Gasteiger partial charge in [-0.1, -0.05) is 39.9 Å². The molecule has 0 fully saturated rings. The fourth-order valence-corrected chi connectivity index (χ4v) is 4.08. The van der Waals surface area contributed by atoms with Gasteiger partial charge in [0.1, 0.15) is 4.64 Å². The van der Waals surface area contributed by atoms with E-state index in [1.807, 2.05) is 24.6 Å². The lowest BCUT2D eigenvalue weighted by molar-refractivity contribution is -0.159. The minimum atomic E-state index is -0.456. The van der Waals surface area contributed by atoms with Crippen LogP contribution in [0.5, 0.6) is 0 Å². The van der Waals surface area contributed by atoms with Crippen LogP contribution < -0.4 is 0 Å². The molecular weight excluding hydrogens is 404 g/mol. The molecule has 29 heavy (non-hydrogen) atoms. The van der Waals surface area contributed by atoms with Gasteiger partial charge in [-0.3, -0.25) is 9.59 Å². The molecule has 1 rings (SSSR count).